The lowest BCUT2D eigenvalue weighted by atomic mass is 10.00. The van der Waals surface area contributed by atoms with E-state index >= 15 is 0 Å². The molecule has 350 valence electrons. The summed E-state index contributed by atoms with van der Waals surface area (Å²) in [6.07, 6.45) is 46.7. The van der Waals surface area contributed by atoms with Crippen molar-refractivity contribution in [3.63, 3.8) is 0 Å². The molecule has 59 heavy (non-hydrogen) atoms. The van der Waals surface area contributed by atoms with Crippen molar-refractivity contribution in [1.82, 2.24) is 0 Å². The van der Waals surface area contributed by atoms with Crippen LogP contribution < -0.4 is 0 Å². The molecule has 0 saturated heterocycles. The highest BCUT2D eigenvalue weighted by molar-refractivity contribution is 5.71. The van der Waals surface area contributed by atoms with Gasteiger partial charge in [0.2, 0.25) is 0 Å². The highest BCUT2D eigenvalue weighted by Gasteiger charge is 2.19. The van der Waals surface area contributed by atoms with Crippen molar-refractivity contribution in [3.05, 3.63) is 0 Å². The first-order valence-corrected chi connectivity index (χ1v) is 26.3. The fourth-order valence-corrected chi connectivity index (χ4v) is 7.96. The van der Waals surface area contributed by atoms with E-state index in [0.29, 0.717) is 19.3 Å². The van der Waals surface area contributed by atoms with Crippen molar-refractivity contribution in [2.45, 2.75) is 298 Å². The first-order chi connectivity index (χ1) is 28.8. The van der Waals surface area contributed by atoms with E-state index in [1.54, 1.807) is 0 Å². The first kappa shape index (κ1) is 57.4. The van der Waals surface area contributed by atoms with Gasteiger partial charge < -0.3 is 14.2 Å². The Hall–Kier alpha value is -1.59. The maximum atomic E-state index is 12.7. The minimum absolute atomic E-state index is 0.0647. The number of ether oxygens (including phenoxy) is 3. The maximum absolute atomic E-state index is 12.7. The summed E-state index contributed by atoms with van der Waals surface area (Å²) in [5, 5.41) is 0. The fourth-order valence-electron chi connectivity index (χ4n) is 7.96. The van der Waals surface area contributed by atoms with Crippen LogP contribution in [-0.2, 0) is 28.6 Å². The van der Waals surface area contributed by atoms with Gasteiger partial charge in [0.05, 0.1) is 0 Å². The average Bonchev–Trinajstić information content (AvgIpc) is 3.22. The van der Waals surface area contributed by atoms with Gasteiger partial charge in [0.15, 0.2) is 6.10 Å². The summed E-state index contributed by atoms with van der Waals surface area (Å²) < 4.78 is 16.8. The summed E-state index contributed by atoms with van der Waals surface area (Å²) in [6, 6.07) is 0. The van der Waals surface area contributed by atoms with Gasteiger partial charge in [-0.2, -0.15) is 0 Å². The largest absolute Gasteiger partial charge is 0.462 e. The van der Waals surface area contributed by atoms with E-state index in [-0.39, 0.29) is 31.1 Å². The summed E-state index contributed by atoms with van der Waals surface area (Å²) >= 11 is 0. The molecule has 0 spiro atoms. The molecule has 0 bridgehead atoms. The predicted molar refractivity (Wildman–Crippen MR) is 252 cm³/mol. The van der Waals surface area contributed by atoms with Gasteiger partial charge in [-0.15, -0.1) is 0 Å². The minimum atomic E-state index is -0.762. The summed E-state index contributed by atoms with van der Waals surface area (Å²) in [4.78, 5) is 37.9. The molecule has 0 aliphatic rings. The molecule has 0 saturated carbocycles. The summed E-state index contributed by atoms with van der Waals surface area (Å²) in [5.41, 5.74) is 0. The van der Waals surface area contributed by atoms with E-state index in [9.17, 15) is 14.4 Å². The molecule has 0 heterocycles. The number of hydrogen-bond acceptors (Lipinski definition) is 6. The number of esters is 3. The number of hydrogen-bond donors (Lipinski definition) is 0. The van der Waals surface area contributed by atoms with Crippen LogP contribution in [0.1, 0.15) is 291 Å². The SMILES string of the molecule is CCCCCCCCCCCCCCCCCCCCC(=O)OC[C@@H](COC(=O)CCCCCCCCCCCCC(C)C)OC(=O)CCCCCCCCC(C)CC. The van der Waals surface area contributed by atoms with Crippen LogP contribution in [0.15, 0.2) is 0 Å². The van der Waals surface area contributed by atoms with Crippen molar-refractivity contribution >= 4 is 17.9 Å². The van der Waals surface area contributed by atoms with Crippen LogP contribution in [0.5, 0.6) is 0 Å². The van der Waals surface area contributed by atoms with Crippen molar-refractivity contribution < 1.29 is 28.6 Å². The Morgan fingerprint density at radius 2 is 0.644 bits per heavy atom. The predicted octanol–water partition coefficient (Wildman–Crippen LogP) is 16.9. The van der Waals surface area contributed by atoms with Crippen molar-refractivity contribution in [2.75, 3.05) is 13.2 Å². The molecular formula is C53H102O6. The molecular weight excluding hydrogens is 733 g/mol. The topological polar surface area (TPSA) is 78.9 Å². The van der Waals surface area contributed by atoms with Gasteiger partial charge in [0.1, 0.15) is 13.2 Å². The number of rotatable bonds is 47. The van der Waals surface area contributed by atoms with Gasteiger partial charge >= 0.3 is 17.9 Å². The number of unbranched alkanes of at least 4 members (excludes halogenated alkanes) is 31. The van der Waals surface area contributed by atoms with E-state index in [4.69, 9.17) is 14.2 Å². The summed E-state index contributed by atoms with van der Waals surface area (Å²) in [7, 11) is 0. The molecule has 2 atom stereocenters. The summed E-state index contributed by atoms with van der Waals surface area (Å²) in [6.45, 7) is 11.3. The molecule has 0 amide bonds. The van der Waals surface area contributed by atoms with Gasteiger partial charge in [-0.05, 0) is 31.1 Å². The molecule has 0 aliphatic carbocycles. The maximum Gasteiger partial charge on any atom is 0.306 e. The molecule has 6 heteroatoms. The van der Waals surface area contributed by atoms with Gasteiger partial charge in [-0.3, -0.25) is 14.4 Å². The number of carbonyl (C=O) groups excluding carboxylic acids is 3. The Kier molecular flexibility index (Phi) is 44.7. The lowest BCUT2D eigenvalue weighted by molar-refractivity contribution is -0.167. The smallest absolute Gasteiger partial charge is 0.306 e. The Bertz CT molecular complexity index is 902. The third kappa shape index (κ3) is 45.8. The second kappa shape index (κ2) is 45.9. The first-order valence-electron chi connectivity index (χ1n) is 26.3. The Morgan fingerprint density at radius 1 is 0.356 bits per heavy atom. The average molecular weight is 835 g/mol. The molecule has 0 N–H and O–H groups in total. The Balaban J connectivity index is 4.25. The summed E-state index contributed by atoms with van der Waals surface area (Å²) in [5.74, 6) is 0.776. The van der Waals surface area contributed by atoms with Crippen LogP contribution in [0.3, 0.4) is 0 Å². The van der Waals surface area contributed by atoms with Crippen LogP contribution in [0.25, 0.3) is 0 Å². The van der Waals surface area contributed by atoms with Gasteiger partial charge in [-0.25, -0.2) is 0 Å². The van der Waals surface area contributed by atoms with Crippen LogP contribution in [0, 0.1) is 11.8 Å². The minimum Gasteiger partial charge on any atom is -0.462 e. The second-order valence-electron chi connectivity index (χ2n) is 18.9. The number of carbonyl (C=O) groups is 3. The second-order valence-corrected chi connectivity index (χ2v) is 18.9. The van der Waals surface area contributed by atoms with Crippen molar-refractivity contribution in [2.24, 2.45) is 11.8 Å². The van der Waals surface area contributed by atoms with Crippen LogP contribution >= 0.6 is 0 Å². The molecule has 0 aromatic rings. The molecule has 6 nitrogen and oxygen atoms in total. The van der Waals surface area contributed by atoms with Crippen LogP contribution in [-0.4, -0.2) is 37.2 Å². The van der Waals surface area contributed by atoms with Gasteiger partial charge in [0.25, 0.3) is 0 Å². The molecule has 0 fully saturated rings. The Morgan fingerprint density at radius 3 is 0.966 bits per heavy atom. The Labute approximate surface area is 368 Å². The van der Waals surface area contributed by atoms with Crippen molar-refractivity contribution in [3.8, 4) is 0 Å². The zero-order chi connectivity index (χ0) is 43.3. The molecule has 0 aromatic heterocycles. The normalized spacial score (nSPS) is 12.5. The standard InChI is InChI=1S/C53H102O6/c1-6-8-9-10-11-12-13-14-15-16-17-18-19-20-24-27-33-38-43-51(54)57-46-50(59-53(56)45-40-35-30-29-32-37-42-49(5)7-2)47-58-52(55)44-39-34-28-25-22-21-23-26-31-36-41-48(3)4/h48-50H,6-47H2,1-5H3/t49?,50-/m0/s1. The quantitative estimate of drug-likeness (QED) is 0.0345. The zero-order valence-corrected chi connectivity index (χ0v) is 40.4. The molecule has 0 aromatic carbocycles. The highest BCUT2D eigenvalue weighted by Crippen LogP contribution is 2.18. The lowest BCUT2D eigenvalue weighted by Crippen LogP contribution is -2.30. The van der Waals surface area contributed by atoms with E-state index < -0.39 is 6.10 Å². The molecule has 0 aliphatic heterocycles. The zero-order valence-electron chi connectivity index (χ0n) is 40.4. The van der Waals surface area contributed by atoms with E-state index in [0.717, 1.165) is 69.6 Å². The van der Waals surface area contributed by atoms with Crippen LogP contribution in [0.4, 0.5) is 0 Å². The van der Waals surface area contributed by atoms with E-state index in [1.165, 1.54) is 180 Å². The van der Waals surface area contributed by atoms with Crippen LogP contribution in [0.2, 0.25) is 0 Å². The van der Waals surface area contributed by atoms with Gasteiger partial charge in [-0.1, -0.05) is 253 Å². The molecule has 1 unspecified atom stereocenters. The van der Waals surface area contributed by atoms with E-state index in [1.807, 2.05) is 0 Å². The fraction of sp³-hybridized carbons (Fsp3) is 0.943. The third-order valence-corrected chi connectivity index (χ3v) is 12.3. The highest BCUT2D eigenvalue weighted by atomic mass is 16.6. The molecule has 0 radical (unpaired) electrons. The lowest BCUT2D eigenvalue weighted by Gasteiger charge is -2.18. The van der Waals surface area contributed by atoms with Gasteiger partial charge in [0, 0.05) is 19.3 Å². The van der Waals surface area contributed by atoms with Crippen molar-refractivity contribution in [1.29, 1.82) is 0 Å². The third-order valence-electron chi connectivity index (χ3n) is 12.3. The molecule has 0 rings (SSSR count). The van der Waals surface area contributed by atoms with E-state index in [2.05, 4.69) is 34.6 Å². The monoisotopic (exact) mass is 835 g/mol.